The molecule has 1 N–H and O–H groups in total. The minimum atomic E-state index is -3.64. The second kappa shape index (κ2) is 9.59. The van der Waals surface area contributed by atoms with Crippen molar-refractivity contribution in [2.45, 2.75) is 43.7 Å². The number of fused-ring (bicyclic) bond motifs is 1. The highest BCUT2D eigenvalue weighted by molar-refractivity contribution is 7.89. The van der Waals surface area contributed by atoms with Gasteiger partial charge in [-0.15, -0.1) is 0 Å². The Balaban J connectivity index is 1.27. The van der Waals surface area contributed by atoms with Crippen LogP contribution in [0.4, 0.5) is 0 Å². The van der Waals surface area contributed by atoms with E-state index >= 15 is 0 Å². The van der Waals surface area contributed by atoms with Crippen LogP contribution in [0, 0.1) is 0 Å². The Hall–Kier alpha value is -3.56. The molecule has 0 aliphatic carbocycles. The van der Waals surface area contributed by atoms with Gasteiger partial charge >= 0.3 is 0 Å². The molecule has 0 radical (unpaired) electrons. The van der Waals surface area contributed by atoms with Gasteiger partial charge < -0.3 is 5.32 Å². The van der Waals surface area contributed by atoms with Gasteiger partial charge in [-0.3, -0.25) is 9.36 Å². The molecule has 2 aromatic carbocycles. The van der Waals surface area contributed by atoms with Crippen molar-refractivity contribution in [1.29, 1.82) is 0 Å². The van der Waals surface area contributed by atoms with Gasteiger partial charge in [-0.2, -0.15) is 4.31 Å². The smallest absolute Gasteiger partial charge is 0.251 e. The van der Waals surface area contributed by atoms with Gasteiger partial charge in [-0.1, -0.05) is 30.7 Å². The van der Waals surface area contributed by atoms with E-state index in [-0.39, 0.29) is 23.4 Å². The number of carbonyl (C=O) groups excluding carboxylic acids is 1. The number of sulfonamides is 1. The van der Waals surface area contributed by atoms with Crippen LogP contribution in [0.1, 0.15) is 42.1 Å². The molecule has 3 heterocycles. The summed E-state index contributed by atoms with van der Waals surface area (Å²) >= 11 is 0. The standard InChI is InChI=1S/C26H27N5O3S/c1-19-7-4-5-14-31(19)35(33,34)22-9-6-8-21(15-22)26(32)28-17-20-12-13-25(27-16-20)30-18-29-23-10-2-3-11-24(23)30/h2-3,6,8-13,15-16,18-19H,4-5,7,14,17H2,1H3,(H,28,32). The Morgan fingerprint density at radius 1 is 1.06 bits per heavy atom. The molecule has 8 nitrogen and oxygen atoms in total. The SMILES string of the molecule is CC1CCCCN1S(=O)(=O)c1cccc(C(=O)NCc2ccc(-n3cnc4ccccc43)nc2)c1. The Morgan fingerprint density at radius 2 is 1.91 bits per heavy atom. The molecule has 9 heteroatoms. The quantitative estimate of drug-likeness (QED) is 0.443. The second-order valence-corrected chi connectivity index (χ2v) is 10.7. The summed E-state index contributed by atoms with van der Waals surface area (Å²) in [6.07, 6.45) is 6.18. The molecule has 0 spiro atoms. The number of carbonyl (C=O) groups is 1. The third kappa shape index (κ3) is 4.69. The van der Waals surface area contributed by atoms with Crippen molar-refractivity contribution >= 4 is 27.0 Å². The number of pyridine rings is 1. The molecule has 5 rings (SSSR count). The molecule has 1 fully saturated rings. The van der Waals surface area contributed by atoms with Crippen molar-refractivity contribution in [1.82, 2.24) is 24.2 Å². The van der Waals surface area contributed by atoms with Crippen molar-refractivity contribution in [2.75, 3.05) is 6.54 Å². The number of amides is 1. The van der Waals surface area contributed by atoms with E-state index in [0.29, 0.717) is 12.1 Å². The van der Waals surface area contributed by atoms with Crippen molar-refractivity contribution < 1.29 is 13.2 Å². The first-order chi connectivity index (χ1) is 16.9. The molecule has 0 bridgehead atoms. The average Bonchev–Trinajstić information content (AvgIpc) is 3.32. The van der Waals surface area contributed by atoms with E-state index in [9.17, 15) is 13.2 Å². The molecule has 1 saturated heterocycles. The summed E-state index contributed by atoms with van der Waals surface area (Å²) in [6.45, 7) is 2.72. The van der Waals surface area contributed by atoms with Gasteiger partial charge in [0, 0.05) is 30.9 Å². The first kappa shape index (κ1) is 23.2. The number of hydrogen-bond donors (Lipinski definition) is 1. The summed E-state index contributed by atoms with van der Waals surface area (Å²) in [5.74, 6) is 0.400. The number of hydrogen-bond acceptors (Lipinski definition) is 5. The maximum atomic E-state index is 13.1. The van der Waals surface area contributed by atoms with Crippen molar-refractivity contribution in [3.05, 3.63) is 84.3 Å². The zero-order valence-electron chi connectivity index (χ0n) is 19.5. The Bertz CT molecular complexity index is 1460. The number of piperidine rings is 1. The van der Waals surface area contributed by atoms with Crippen LogP contribution in [0.5, 0.6) is 0 Å². The third-order valence-corrected chi connectivity index (χ3v) is 8.42. The number of rotatable bonds is 6. The summed E-state index contributed by atoms with van der Waals surface area (Å²) in [7, 11) is -3.64. The highest BCUT2D eigenvalue weighted by Crippen LogP contribution is 2.25. The molecule has 1 aliphatic heterocycles. The first-order valence-electron chi connectivity index (χ1n) is 11.7. The molecule has 180 valence electrons. The van der Waals surface area contributed by atoms with Crippen LogP contribution in [0.2, 0.25) is 0 Å². The summed E-state index contributed by atoms with van der Waals surface area (Å²) in [6, 6.07) is 17.8. The predicted molar refractivity (Wildman–Crippen MR) is 134 cm³/mol. The lowest BCUT2D eigenvalue weighted by atomic mass is 10.1. The maximum Gasteiger partial charge on any atom is 0.251 e. The molecule has 1 unspecified atom stereocenters. The minimum absolute atomic E-state index is 0.0398. The van der Waals surface area contributed by atoms with Crippen molar-refractivity contribution in [3.63, 3.8) is 0 Å². The number of imidazole rings is 1. The largest absolute Gasteiger partial charge is 0.348 e. The van der Waals surface area contributed by atoms with Crippen LogP contribution in [-0.2, 0) is 16.6 Å². The molecular formula is C26H27N5O3S. The van der Waals surface area contributed by atoms with Gasteiger partial charge in [0.1, 0.15) is 12.1 Å². The fraction of sp³-hybridized carbons (Fsp3) is 0.269. The predicted octanol–water partition coefficient (Wildman–Crippen LogP) is 3.91. The van der Waals surface area contributed by atoms with Crippen LogP contribution in [0.3, 0.4) is 0 Å². The Morgan fingerprint density at radius 3 is 2.71 bits per heavy atom. The lowest BCUT2D eigenvalue weighted by Crippen LogP contribution is -2.42. The first-order valence-corrected chi connectivity index (χ1v) is 13.1. The van der Waals surface area contributed by atoms with Crippen molar-refractivity contribution in [2.24, 2.45) is 0 Å². The highest BCUT2D eigenvalue weighted by Gasteiger charge is 2.31. The molecule has 1 amide bonds. The molecule has 2 aromatic heterocycles. The van der Waals surface area contributed by atoms with Gasteiger partial charge in [-0.25, -0.2) is 18.4 Å². The van der Waals surface area contributed by atoms with Crippen LogP contribution in [0.15, 0.2) is 78.1 Å². The van der Waals surface area contributed by atoms with E-state index in [2.05, 4.69) is 15.3 Å². The van der Waals surface area contributed by atoms with Crippen LogP contribution in [-0.4, -0.2) is 45.8 Å². The fourth-order valence-corrected chi connectivity index (χ4v) is 6.20. The molecule has 1 aliphatic rings. The van der Waals surface area contributed by atoms with Crippen LogP contribution in [0.25, 0.3) is 16.9 Å². The normalized spacial score (nSPS) is 16.9. The van der Waals surface area contributed by atoms with Gasteiger partial charge in [0.25, 0.3) is 5.91 Å². The topological polar surface area (TPSA) is 97.2 Å². The highest BCUT2D eigenvalue weighted by atomic mass is 32.2. The van der Waals surface area contributed by atoms with E-state index < -0.39 is 10.0 Å². The number of aromatic nitrogens is 3. The molecule has 0 saturated carbocycles. The summed E-state index contributed by atoms with van der Waals surface area (Å²) in [5, 5.41) is 2.86. The van der Waals surface area contributed by atoms with E-state index in [1.165, 1.54) is 6.07 Å². The third-order valence-electron chi connectivity index (χ3n) is 6.41. The van der Waals surface area contributed by atoms with Gasteiger partial charge in [0.2, 0.25) is 10.0 Å². The molecular weight excluding hydrogens is 462 g/mol. The van der Waals surface area contributed by atoms with E-state index in [0.717, 1.165) is 41.7 Å². The van der Waals surface area contributed by atoms with Crippen LogP contribution < -0.4 is 5.32 Å². The summed E-state index contributed by atoms with van der Waals surface area (Å²) in [5.41, 5.74) is 3.00. The van der Waals surface area contributed by atoms with Gasteiger partial charge in [0.05, 0.1) is 15.9 Å². The number of benzene rings is 2. The molecule has 35 heavy (non-hydrogen) atoms. The van der Waals surface area contributed by atoms with E-state index in [4.69, 9.17) is 0 Å². The second-order valence-electron chi connectivity index (χ2n) is 8.80. The number of nitrogens with zero attached hydrogens (tertiary/aromatic N) is 4. The summed E-state index contributed by atoms with van der Waals surface area (Å²) in [4.78, 5) is 21.8. The lowest BCUT2D eigenvalue weighted by Gasteiger charge is -2.32. The maximum absolute atomic E-state index is 13.1. The average molecular weight is 490 g/mol. The fourth-order valence-electron chi connectivity index (χ4n) is 4.45. The zero-order valence-corrected chi connectivity index (χ0v) is 20.3. The number of para-hydroxylation sites is 2. The summed E-state index contributed by atoms with van der Waals surface area (Å²) < 4.78 is 29.7. The monoisotopic (exact) mass is 489 g/mol. The van der Waals surface area contributed by atoms with Gasteiger partial charge in [0.15, 0.2) is 0 Å². The lowest BCUT2D eigenvalue weighted by molar-refractivity contribution is 0.0950. The van der Waals surface area contributed by atoms with Crippen molar-refractivity contribution in [3.8, 4) is 5.82 Å². The number of nitrogens with one attached hydrogen (secondary N) is 1. The van der Waals surface area contributed by atoms with Gasteiger partial charge in [-0.05, 0) is 61.7 Å². The van der Waals surface area contributed by atoms with Crippen LogP contribution >= 0.6 is 0 Å². The van der Waals surface area contributed by atoms with E-state index in [1.807, 2.05) is 47.9 Å². The minimum Gasteiger partial charge on any atom is -0.348 e. The molecule has 1 atom stereocenters. The Kier molecular flexibility index (Phi) is 6.36. The van der Waals surface area contributed by atoms with E-state index in [1.54, 1.807) is 35.0 Å². The zero-order chi connectivity index (χ0) is 24.4. The molecule has 4 aromatic rings. The Labute approximate surface area is 204 Å².